The van der Waals surface area contributed by atoms with Gasteiger partial charge >= 0.3 is 5.97 Å². The van der Waals surface area contributed by atoms with E-state index in [1.165, 1.54) is 11.3 Å². The van der Waals surface area contributed by atoms with Crippen molar-refractivity contribution in [2.75, 3.05) is 25.5 Å². The molecule has 2 aliphatic rings. The summed E-state index contributed by atoms with van der Waals surface area (Å²) in [5, 5.41) is 21.8. The maximum Gasteiger partial charge on any atom is 0.306 e. The SMILES string of the molecule is CN/C=C\N[C@H]1C[C@@H](COC2CCC(C(=O)O)CC2)N(C(=O)Cc2cc(Cl)c(NC(=O)c3csc4ccccc34)cc2Cl)C1. The van der Waals surface area contributed by atoms with Gasteiger partial charge in [0.05, 0.1) is 47.4 Å². The van der Waals surface area contributed by atoms with E-state index in [0.29, 0.717) is 72.1 Å². The molecule has 0 unspecified atom stereocenters. The van der Waals surface area contributed by atoms with E-state index < -0.39 is 5.97 Å². The molecule has 1 aromatic heterocycles. The Bertz CT molecular complexity index is 1540. The molecule has 1 saturated heterocycles. The van der Waals surface area contributed by atoms with Crippen LogP contribution in [-0.2, 0) is 20.7 Å². The van der Waals surface area contributed by atoms with Crippen LogP contribution in [0.2, 0.25) is 10.0 Å². The second kappa shape index (κ2) is 14.6. The highest BCUT2D eigenvalue weighted by Crippen LogP contribution is 2.33. The first-order chi connectivity index (χ1) is 21.2. The summed E-state index contributed by atoms with van der Waals surface area (Å²) in [6.45, 7) is 0.875. The minimum absolute atomic E-state index is 0.0122. The minimum atomic E-state index is -0.746. The number of nitrogens with zero attached hydrogens (tertiary/aromatic N) is 1. The third-order valence-electron chi connectivity index (χ3n) is 8.32. The second-order valence-corrected chi connectivity index (χ2v) is 13.0. The van der Waals surface area contributed by atoms with Crippen molar-refractivity contribution in [2.45, 2.75) is 56.7 Å². The van der Waals surface area contributed by atoms with Crippen LogP contribution in [-0.4, -0.2) is 66.2 Å². The molecule has 0 bridgehead atoms. The van der Waals surface area contributed by atoms with Gasteiger partial charge in [0.25, 0.3) is 5.91 Å². The number of thiophene rings is 1. The molecule has 234 valence electrons. The molecule has 3 aromatic rings. The summed E-state index contributed by atoms with van der Waals surface area (Å²) in [6, 6.07) is 10.8. The van der Waals surface area contributed by atoms with E-state index in [9.17, 15) is 19.5 Å². The van der Waals surface area contributed by atoms with E-state index in [2.05, 4.69) is 16.0 Å². The van der Waals surface area contributed by atoms with Crippen molar-refractivity contribution in [1.82, 2.24) is 15.5 Å². The lowest BCUT2D eigenvalue weighted by molar-refractivity contribution is -0.144. The summed E-state index contributed by atoms with van der Waals surface area (Å²) in [6.07, 6.45) is 6.96. The van der Waals surface area contributed by atoms with Crippen LogP contribution in [0.4, 0.5) is 5.69 Å². The summed E-state index contributed by atoms with van der Waals surface area (Å²) in [5.74, 6) is -1.44. The van der Waals surface area contributed by atoms with Crippen molar-refractivity contribution < 1.29 is 24.2 Å². The van der Waals surface area contributed by atoms with Crippen LogP contribution in [0.3, 0.4) is 0 Å². The molecule has 9 nitrogen and oxygen atoms in total. The van der Waals surface area contributed by atoms with Crippen molar-refractivity contribution in [3.05, 3.63) is 75.4 Å². The first-order valence-corrected chi connectivity index (χ1v) is 16.3. The van der Waals surface area contributed by atoms with Gasteiger partial charge in [-0.05, 0) is 55.9 Å². The zero-order valence-electron chi connectivity index (χ0n) is 24.4. The fourth-order valence-electron chi connectivity index (χ4n) is 5.92. The molecule has 0 spiro atoms. The minimum Gasteiger partial charge on any atom is -0.481 e. The number of rotatable bonds is 11. The number of benzene rings is 2. The lowest BCUT2D eigenvalue weighted by Crippen LogP contribution is -2.41. The number of hydrogen-bond donors (Lipinski definition) is 4. The van der Waals surface area contributed by atoms with E-state index in [-0.39, 0.29) is 42.3 Å². The van der Waals surface area contributed by atoms with E-state index in [4.69, 9.17) is 27.9 Å². The summed E-state index contributed by atoms with van der Waals surface area (Å²) >= 11 is 14.7. The van der Waals surface area contributed by atoms with Crippen LogP contribution in [0.1, 0.15) is 48.0 Å². The number of amides is 2. The highest BCUT2D eigenvalue weighted by molar-refractivity contribution is 7.17. The number of carbonyl (C=O) groups excluding carboxylic acids is 2. The standard InChI is InChI=1S/C32H36Cl2N4O5S/c1-35-10-11-36-21-14-22(17-43-23-8-6-19(7-9-23)32(41)42)38(16-21)30(39)13-20-12-27(34)28(15-26(20)33)37-31(40)25-18-44-29-5-3-2-4-24(25)29/h2-5,10-12,15,18-19,21-23,35-36H,6-9,13-14,16-17H2,1H3,(H,37,40)(H,41,42)/b11-10-/t19?,21-,22-,23?/m0/s1. The molecule has 44 heavy (non-hydrogen) atoms. The fraction of sp³-hybridized carbons (Fsp3) is 0.406. The maximum atomic E-state index is 13.7. The topological polar surface area (TPSA) is 120 Å². The number of carbonyl (C=O) groups is 3. The maximum absolute atomic E-state index is 13.7. The molecule has 4 N–H and O–H groups in total. The molecule has 1 aliphatic heterocycles. The first-order valence-electron chi connectivity index (χ1n) is 14.7. The molecule has 2 amide bonds. The van der Waals surface area contributed by atoms with Crippen molar-refractivity contribution in [3.8, 4) is 0 Å². The van der Waals surface area contributed by atoms with Gasteiger partial charge in [-0.1, -0.05) is 41.4 Å². The highest BCUT2D eigenvalue weighted by atomic mass is 35.5. The van der Waals surface area contributed by atoms with Crippen LogP contribution in [0.25, 0.3) is 10.1 Å². The lowest BCUT2D eigenvalue weighted by atomic mass is 9.87. The largest absolute Gasteiger partial charge is 0.481 e. The lowest BCUT2D eigenvalue weighted by Gasteiger charge is -2.30. The summed E-state index contributed by atoms with van der Waals surface area (Å²) in [4.78, 5) is 39.8. The summed E-state index contributed by atoms with van der Waals surface area (Å²) in [5.41, 5.74) is 1.50. The molecule has 2 heterocycles. The third kappa shape index (κ3) is 7.66. The molecule has 5 rings (SSSR count). The number of anilines is 1. The van der Waals surface area contributed by atoms with Crippen molar-refractivity contribution in [1.29, 1.82) is 0 Å². The molecule has 2 aromatic carbocycles. The number of carboxylic acids is 1. The van der Waals surface area contributed by atoms with Gasteiger partial charge in [-0.25, -0.2) is 0 Å². The molecular weight excluding hydrogens is 623 g/mol. The average molecular weight is 660 g/mol. The van der Waals surface area contributed by atoms with Crippen LogP contribution in [0, 0.1) is 5.92 Å². The van der Waals surface area contributed by atoms with Crippen LogP contribution < -0.4 is 16.0 Å². The van der Waals surface area contributed by atoms with Gasteiger partial charge in [0.15, 0.2) is 0 Å². The zero-order valence-corrected chi connectivity index (χ0v) is 26.7. The Morgan fingerprint density at radius 1 is 1.09 bits per heavy atom. The number of likely N-dealkylation sites (tertiary alicyclic amines) is 1. The number of carboxylic acid groups (broad SMARTS) is 1. The monoisotopic (exact) mass is 658 g/mol. The van der Waals surface area contributed by atoms with Crippen LogP contribution in [0.5, 0.6) is 0 Å². The third-order valence-corrected chi connectivity index (χ3v) is 9.94. The summed E-state index contributed by atoms with van der Waals surface area (Å²) in [7, 11) is 1.81. The molecule has 2 fully saturated rings. The molecule has 1 aliphatic carbocycles. The van der Waals surface area contributed by atoms with Gasteiger partial charge in [-0.3, -0.25) is 14.4 Å². The zero-order chi connectivity index (χ0) is 31.2. The Balaban J connectivity index is 1.24. The van der Waals surface area contributed by atoms with Gasteiger partial charge < -0.3 is 30.7 Å². The Hall–Kier alpha value is -3.31. The molecular formula is C32H36Cl2N4O5S. The smallest absolute Gasteiger partial charge is 0.306 e. The number of fused-ring (bicyclic) bond motifs is 1. The van der Waals surface area contributed by atoms with E-state index in [0.717, 1.165) is 10.1 Å². The van der Waals surface area contributed by atoms with Gasteiger partial charge in [0, 0.05) is 52.5 Å². The molecule has 0 radical (unpaired) electrons. The van der Waals surface area contributed by atoms with Gasteiger partial charge in [0.1, 0.15) is 0 Å². The number of hydrogen-bond acceptors (Lipinski definition) is 7. The number of ether oxygens (including phenoxy) is 1. The van der Waals surface area contributed by atoms with Gasteiger partial charge in [0.2, 0.25) is 5.91 Å². The van der Waals surface area contributed by atoms with E-state index in [1.54, 1.807) is 18.3 Å². The molecule has 2 atom stereocenters. The van der Waals surface area contributed by atoms with Crippen molar-refractivity contribution >= 4 is 68.1 Å². The summed E-state index contributed by atoms with van der Waals surface area (Å²) < 4.78 is 7.24. The fourth-order valence-corrected chi connectivity index (χ4v) is 7.32. The van der Waals surface area contributed by atoms with E-state index >= 15 is 0 Å². The predicted octanol–water partition coefficient (Wildman–Crippen LogP) is 5.91. The average Bonchev–Trinajstić information content (AvgIpc) is 3.63. The quantitative estimate of drug-likeness (QED) is 0.202. The molecule has 1 saturated carbocycles. The second-order valence-electron chi connectivity index (χ2n) is 11.3. The number of nitrogens with one attached hydrogen (secondary N) is 3. The Morgan fingerprint density at radius 3 is 2.61 bits per heavy atom. The van der Waals surface area contributed by atoms with Crippen molar-refractivity contribution in [3.63, 3.8) is 0 Å². The van der Waals surface area contributed by atoms with Crippen LogP contribution >= 0.6 is 34.5 Å². The number of aliphatic carboxylic acids is 1. The predicted molar refractivity (Wildman–Crippen MR) is 175 cm³/mol. The first kappa shape index (κ1) is 32.1. The normalized spacial score (nSPS) is 21.9. The number of halogens is 2. The Kier molecular flexibility index (Phi) is 10.7. The highest BCUT2D eigenvalue weighted by Gasteiger charge is 2.36. The Labute approximate surface area is 270 Å². The van der Waals surface area contributed by atoms with Crippen LogP contribution in [0.15, 0.2) is 54.2 Å². The van der Waals surface area contributed by atoms with Gasteiger partial charge in [-0.15, -0.1) is 11.3 Å². The van der Waals surface area contributed by atoms with Crippen molar-refractivity contribution in [2.24, 2.45) is 5.92 Å². The van der Waals surface area contributed by atoms with E-state index in [1.807, 2.05) is 47.8 Å². The Morgan fingerprint density at radius 2 is 1.86 bits per heavy atom. The molecule has 12 heteroatoms. The van der Waals surface area contributed by atoms with Gasteiger partial charge in [-0.2, -0.15) is 0 Å².